The monoisotopic (exact) mass is 440 g/mol. The van der Waals surface area contributed by atoms with Crippen LogP contribution < -0.4 is 4.74 Å². The van der Waals surface area contributed by atoms with Gasteiger partial charge in [-0.1, -0.05) is 6.07 Å². The van der Waals surface area contributed by atoms with E-state index in [0.29, 0.717) is 11.7 Å². The molecule has 2 fully saturated rings. The Hall–Kier alpha value is -2.02. The summed E-state index contributed by atoms with van der Waals surface area (Å²) in [5.41, 5.74) is 2.35. The van der Waals surface area contributed by atoms with E-state index in [2.05, 4.69) is 38.9 Å². The van der Waals surface area contributed by atoms with Crippen molar-refractivity contribution in [3.05, 3.63) is 59.7 Å². The lowest BCUT2D eigenvalue weighted by Gasteiger charge is -2.42. The lowest BCUT2D eigenvalue weighted by Crippen LogP contribution is -2.47. The fraction of sp³-hybridized carbons (Fsp3) is 0.577. The van der Waals surface area contributed by atoms with Crippen LogP contribution >= 0.6 is 0 Å². The molecule has 0 N–H and O–H groups in total. The molecule has 0 spiro atoms. The lowest BCUT2D eigenvalue weighted by atomic mass is 9.92. The van der Waals surface area contributed by atoms with Gasteiger partial charge in [0.2, 0.25) is 0 Å². The third-order valence-corrected chi connectivity index (χ3v) is 7.15. The van der Waals surface area contributed by atoms with Gasteiger partial charge in [-0.15, -0.1) is 0 Å². The van der Waals surface area contributed by atoms with Gasteiger partial charge < -0.3 is 14.5 Å². The normalized spacial score (nSPS) is 19.5. The standard InChI is InChI=1S/C26H37FN4O/c1-29-13-9-24(10-14-29)31-15-7-22(8-16-31)19-30(18-21-5-11-28-12-6-21)20-23-3-4-25(27)26(17-23)32-2/h3-6,11-12,17,22,24H,7-10,13-16,18-20H2,1-2H3. The highest BCUT2D eigenvalue weighted by molar-refractivity contribution is 5.30. The van der Waals surface area contributed by atoms with E-state index in [1.807, 2.05) is 24.5 Å². The summed E-state index contributed by atoms with van der Waals surface area (Å²) in [4.78, 5) is 11.8. The summed E-state index contributed by atoms with van der Waals surface area (Å²) in [7, 11) is 3.76. The minimum Gasteiger partial charge on any atom is -0.494 e. The quantitative estimate of drug-likeness (QED) is 0.619. The predicted octanol–water partition coefficient (Wildman–Crippen LogP) is 4.04. The average molecular weight is 441 g/mol. The third kappa shape index (κ3) is 6.27. The molecule has 6 heteroatoms. The number of pyridine rings is 1. The van der Waals surface area contributed by atoms with Crippen LogP contribution in [0.5, 0.6) is 5.75 Å². The molecule has 2 aliphatic rings. The highest BCUT2D eigenvalue weighted by Crippen LogP contribution is 2.26. The fourth-order valence-electron chi connectivity index (χ4n) is 5.22. The van der Waals surface area contributed by atoms with Crippen LogP contribution in [-0.2, 0) is 13.1 Å². The number of methoxy groups -OCH3 is 1. The maximum absolute atomic E-state index is 13.9. The van der Waals surface area contributed by atoms with Gasteiger partial charge >= 0.3 is 0 Å². The Morgan fingerprint density at radius 1 is 0.969 bits per heavy atom. The van der Waals surface area contributed by atoms with Crippen LogP contribution in [0.2, 0.25) is 0 Å². The van der Waals surface area contributed by atoms with Gasteiger partial charge in [-0.05, 0) is 100 Å². The Labute approximate surface area is 192 Å². The van der Waals surface area contributed by atoms with Gasteiger partial charge in [0, 0.05) is 38.1 Å². The number of piperidine rings is 2. The second-order valence-electron chi connectivity index (χ2n) is 9.51. The maximum atomic E-state index is 13.9. The van der Waals surface area contributed by atoms with Crippen molar-refractivity contribution in [1.82, 2.24) is 19.7 Å². The molecule has 0 amide bonds. The zero-order valence-corrected chi connectivity index (χ0v) is 19.5. The van der Waals surface area contributed by atoms with Crippen LogP contribution in [0.25, 0.3) is 0 Å². The van der Waals surface area contributed by atoms with Crippen molar-refractivity contribution in [3.8, 4) is 5.75 Å². The zero-order valence-electron chi connectivity index (χ0n) is 19.5. The van der Waals surface area contributed by atoms with E-state index in [-0.39, 0.29) is 5.82 Å². The van der Waals surface area contributed by atoms with Gasteiger partial charge in [0.1, 0.15) is 0 Å². The summed E-state index contributed by atoms with van der Waals surface area (Å²) < 4.78 is 19.1. The van der Waals surface area contributed by atoms with Crippen molar-refractivity contribution in [2.24, 2.45) is 5.92 Å². The minimum absolute atomic E-state index is 0.307. The molecule has 2 saturated heterocycles. The minimum atomic E-state index is -0.307. The molecule has 0 bridgehead atoms. The lowest BCUT2D eigenvalue weighted by molar-refractivity contribution is 0.0728. The van der Waals surface area contributed by atoms with Gasteiger partial charge in [0.25, 0.3) is 0 Å². The largest absolute Gasteiger partial charge is 0.494 e. The topological polar surface area (TPSA) is 31.8 Å². The first-order chi connectivity index (χ1) is 15.6. The maximum Gasteiger partial charge on any atom is 0.165 e. The number of halogens is 1. The summed E-state index contributed by atoms with van der Waals surface area (Å²) in [6.07, 6.45) is 8.84. The molecule has 0 atom stereocenters. The molecule has 32 heavy (non-hydrogen) atoms. The van der Waals surface area contributed by atoms with E-state index in [4.69, 9.17) is 4.74 Å². The second-order valence-corrected chi connectivity index (χ2v) is 9.51. The highest BCUT2D eigenvalue weighted by atomic mass is 19.1. The van der Waals surface area contributed by atoms with Gasteiger partial charge in [-0.25, -0.2) is 4.39 Å². The summed E-state index contributed by atoms with van der Waals surface area (Å²) in [5, 5.41) is 0. The molecule has 3 heterocycles. The Morgan fingerprint density at radius 2 is 1.66 bits per heavy atom. The fourth-order valence-corrected chi connectivity index (χ4v) is 5.22. The van der Waals surface area contributed by atoms with Crippen LogP contribution in [0.3, 0.4) is 0 Å². The van der Waals surface area contributed by atoms with Crippen LogP contribution in [0.1, 0.15) is 36.8 Å². The van der Waals surface area contributed by atoms with Crippen LogP contribution in [-0.4, -0.2) is 72.6 Å². The molecule has 0 saturated carbocycles. The molecule has 0 unspecified atom stereocenters. The van der Waals surface area contributed by atoms with Crippen molar-refractivity contribution in [3.63, 3.8) is 0 Å². The molecule has 1 aromatic heterocycles. The van der Waals surface area contributed by atoms with Crippen molar-refractivity contribution in [1.29, 1.82) is 0 Å². The van der Waals surface area contributed by atoms with Gasteiger partial charge in [-0.2, -0.15) is 0 Å². The molecule has 0 aliphatic carbocycles. The molecule has 174 valence electrons. The summed E-state index contributed by atoms with van der Waals surface area (Å²) in [5.74, 6) is 0.706. The summed E-state index contributed by atoms with van der Waals surface area (Å²) in [6.45, 7) is 7.60. The van der Waals surface area contributed by atoms with E-state index in [0.717, 1.165) is 31.2 Å². The highest BCUT2D eigenvalue weighted by Gasteiger charge is 2.28. The van der Waals surface area contributed by atoms with Crippen molar-refractivity contribution >= 4 is 0 Å². The second kappa shape index (κ2) is 11.2. The summed E-state index contributed by atoms with van der Waals surface area (Å²) in [6, 6.07) is 10.2. The number of rotatable bonds is 8. The first kappa shape index (κ1) is 23.1. The molecule has 4 rings (SSSR count). The van der Waals surface area contributed by atoms with Crippen molar-refractivity contribution in [2.45, 2.75) is 44.8 Å². The molecule has 2 aromatic rings. The van der Waals surface area contributed by atoms with Gasteiger partial charge in [-0.3, -0.25) is 9.88 Å². The number of nitrogens with zero attached hydrogens (tertiary/aromatic N) is 4. The number of aromatic nitrogens is 1. The predicted molar refractivity (Wildman–Crippen MR) is 126 cm³/mol. The summed E-state index contributed by atoms with van der Waals surface area (Å²) >= 11 is 0. The molecule has 5 nitrogen and oxygen atoms in total. The molecule has 0 radical (unpaired) electrons. The van der Waals surface area contributed by atoms with E-state index in [1.165, 1.54) is 70.6 Å². The zero-order chi connectivity index (χ0) is 22.3. The first-order valence-electron chi connectivity index (χ1n) is 12.0. The number of hydrogen-bond donors (Lipinski definition) is 0. The number of hydrogen-bond acceptors (Lipinski definition) is 5. The van der Waals surface area contributed by atoms with E-state index < -0.39 is 0 Å². The average Bonchev–Trinajstić information content (AvgIpc) is 2.82. The van der Waals surface area contributed by atoms with Crippen LogP contribution in [0.4, 0.5) is 4.39 Å². The SMILES string of the molecule is COc1cc(CN(Cc2ccncc2)CC2CCN(C3CCN(C)CC3)CC2)ccc1F. The Morgan fingerprint density at radius 3 is 2.34 bits per heavy atom. The molecule has 1 aromatic carbocycles. The van der Waals surface area contributed by atoms with Gasteiger partial charge in [0.15, 0.2) is 11.6 Å². The smallest absolute Gasteiger partial charge is 0.165 e. The number of likely N-dealkylation sites (tertiary alicyclic amines) is 2. The van der Waals surface area contributed by atoms with E-state index in [9.17, 15) is 4.39 Å². The Kier molecular flexibility index (Phi) is 8.11. The van der Waals surface area contributed by atoms with E-state index >= 15 is 0 Å². The van der Waals surface area contributed by atoms with Crippen molar-refractivity contribution < 1.29 is 9.13 Å². The third-order valence-electron chi connectivity index (χ3n) is 7.15. The number of ether oxygens (including phenoxy) is 1. The first-order valence-corrected chi connectivity index (χ1v) is 12.0. The van der Waals surface area contributed by atoms with E-state index in [1.54, 1.807) is 0 Å². The Bertz CT molecular complexity index is 833. The number of benzene rings is 1. The Balaban J connectivity index is 1.37. The van der Waals surface area contributed by atoms with Gasteiger partial charge in [0.05, 0.1) is 7.11 Å². The molecular formula is C26H37FN4O. The molecular weight excluding hydrogens is 403 g/mol. The van der Waals surface area contributed by atoms with Crippen LogP contribution in [0, 0.1) is 11.7 Å². The van der Waals surface area contributed by atoms with Crippen molar-refractivity contribution in [2.75, 3.05) is 46.9 Å². The molecule has 2 aliphatic heterocycles. The van der Waals surface area contributed by atoms with Crippen LogP contribution in [0.15, 0.2) is 42.7 Å².